The van der Waals surface area contributed by atoms with Crippen molar-refractivity contribution in [3.63, 3.8) is 0 Å². The Bertz CT molecular complexity index is 1560. The molecule has 0 saturated carbocycles. The minimum Gasteiger partial charge on any atom is -0.416 e. The number of rotatable bonds is 5. The Morgan fingerprint density at radius 1 is 0.579 bits per heavy atom. The largest absolute Gasteiger partial charge is 0.416 e. The van der Waals surface area contributed by atoms with Gasteiger partial charge in [-0.25, -0.2) is 0 Å². The Balaban J connectivity index is 1.45. The molecule has 0 bridgehead atoms. The van der Waals surface area contributed by atoms with E-state index >= 15 is 0 Å². The molecule has 38 heavy (non-hydrogen) atoms. The molecule has 9 heteroatoms. The molecular formula is C29H21Cl2N5O2. The Morgan fingerprint density at radius 3 is 1.45 bits per heavy atom. The molecule has 0 fully saturated rings. The highest BCUT2D eigenvalue weighted by molar-refractivity contribution is 6.30. The van der Waals surface area contributed by atoms with Crippen LogP contribution in [-0.4, -0.2) is 20.4 Å². The smallest absolute Gasteiger partial charge is 0.248 e. The topological polar surface area (TPSA) is 89.9 Å². The van der Waals surface area contributed by atoms with Crippen molar-refractivity contribution in [1.29, 1.82) is 0 Å². The van der Waals surface area contributed by atoms with Crippen LogP contribution in [0.4, 0.5) is 0 Å². The monoisotopic (exact) mass is 541 g/mol. The molecule has 0 amide bonds. The highest BCUT2D eigenvalue weighted by atomic mass is 35.5. The molecule has 1 N–H and O–H groups in total. The van der Waals surface area contributed by atoms with Crippen molar-refractivity contribution >= 4 is 34.3 Å². The molecule has 1 aliphatic heterocycles. The first kappa shape index (κ1) is 24.2. The molecule has 7 nitrogen and oxygen atoms in total. The number of benzene rings is 3. The molecule has 3 heterocycles. The number of allylic oxidation sites excluding steroid dienone is 4. The normalized spacial score (nSPS) is 14.2. The van der Waals surface area contributed by atoms with Crippen LogP contribution in [0.25, 0.3) is 34.1 Å². The van der Waals surface area contributed by atoms with Crippen LogP contribution in [0.15, 0.2) is 99.1 Å². The van der Waals surface area contributed by atoms with E-state index in [4.69, 9.17) is 32.0 Å². The summed E-state index contributed by atoms with van der Waals surface area (Å²) in [6.45, 7) is 3.98. The zero-order chi connectivity index (χ0) is 26.2. The van der Waals surface area contributed by atoms with E-state index in [1.54, 1.807) is 24.3 Å². The fourth-order valence-electron chi connectivity index (χ4n) is 4.62. The summed E-state index contributed by atoms with van der Waals surface area (Å²) >= 11 is 12.1. The number of dihydropyridines is 1. The number of aromatic nitrogens is 4. The summed E-state index contributed by atoms with van der Waals surface area (Å²) in [5.74, 6) is 1.31. The maximum Gasteiger partial charge on any atom is 0.248 e. The van der Waals surface area contributed by atoms with E-state index in [0.29, 0.717) is 33.6 Å². The summed E-state index contributed by atoms with van der Waals surface area (Å²) in [7, 11) is 0. The van der Waals surface area contributed by atoms with E-state index in [9.17, 15) is 0 Å². The predicted molar refractivity (Wildman–Crippen MR) is 147 cm³/mol. The van der Waals surface area contributed by atoms with Gasteiger partial charge in [-0.05, 0) is 67.9 Å². The van der Waals surface area contributed by atoms with E-state index < -0.39 is 0 Å². The zero-order valence-corrected chi connectivity index (χ0v) is 22.0. The number of halogens is 2. The van der Waals surface area contributed by atoms with Crippen molar-refractivity contribution in [3.05, 3.63) is 118 Å². The van der Waals surface area contributed by atoms with Crippen LogP contribution < -0.4 is 5.32 Å². The van der Waals surface area contributed by atoms with Crippen LogP contribution in [0.5, 0.6) is 0 Å². The minimum absolute atomic E-state index is 0.297. The van der Waals surface area contributed by atoms with Gasteiger partial charge in [-0.2, -0.15) is 0 Å². The molecule has 0 aliphatic carbocycles. The second-order valence-electron chi connectivity index (χ2n) is 8.88. The van der Waals surface area contributed by atoms with Gasteiger partial charge in [0.1, 0.15) is 0 Å². The van der Waals surface area contributed by atoms with E-state index in [0.717, 1.165) is 39.2 Å². The first-order valence-corrected chi connectivity index (χ1v) is 12.7. The summed E-state index contributed by atoms with van der Waals surface area (Å²) in [5, 5.41) is 22.2. The minimum atomic E-state index is -0.297. The van der Waals surface area contributed by atoms with Crippen LogP contribution in [0.2, 0.25) is 10.0 Å². The van der Waals surface area contributed by atoms with Gasteiger partial charge in [0, 0.05) is 49.6 Å². The predicted octanol–water partition coefficient (Wildman–Crippen LogP) is 7.64. The first-order chi connectivity index (χ1) is 18.5. The molecule has 1 aliphatic rings. The lowest BCUT2D eigenvalue weighted by Gasteiger charge is -2.29. The highest BCUT2D eigenvalue weighted by Crippen LogP contribution is 2.47. The molecule has 0 spiro atoms. The fourth-order valence-corrected chi connectivity index (χ4v) is 4.87. The van der Waals surface area contributed by atoms with E-state index in [1.807, 2.05) is 56.3 Å². The summed E-state index contributed by atoms with van der Waals surface area (Å²) in [6.07, 6.45) is 0. The van der Waals surface area contributed by atoms with Crippen LogP contribution >= 0.6 is 23.2 Å². The average molecular weight is 542 g/mol. The molecule has 5 aromatic rings. The second-order valence-corrected chi connectivity index (χ2v) is 9.76. The van der Waals surface area contributed by atoms with Gasteiger partial charge in [0.05, 0.1) is 0 Å². The summed E-state index contributed by atoms with van der Waals surface area (Å²) in [5.41, 5.74) is 6.03. The summed E-state index contributed by atoms with van der Waals surface area (Å²) < 4.78 is 12.4. The Morgan fingerprint density at radius 2 is 1.00 bits per heavy atom. The van der Waals surface area contributed by atoms with Crippen molar-refractivity contribution in [1.82, 2.24) is 25.7 Å². The van der Waals surface area contributed by atoms with Crippen molar-refractivity contribution in [2.45, 2.75) is 19.8 Å². The highest BCUT2D eigenvalue weighted by Gasteiger charge is 2.36. The summed E-state index contributed by atoms with van der Waals surface area (Å²) in [6, 6.07) is 24.6. The van der Waals surface area contributed by atoms with Crippen LogP contribution in [0.1, 0.15) is 37.1 Å². The van der Waals surface area contributed by atoms with Crippen LogP contribution in [0, 0.1) is 0 Å². The van der Waals surface area contributed by atoms with Gasteiger partial charge >= 0.3 is 0 Å². The maximum atomic E-state index is 6.21. The first-order valence-electron chi connectivity index (χ1n) is 11.9. The van der Waals surface area contributed by atoms with Gasteiger partial charge in [0.2, 0.25) is 23.6 Å². The molecule has 6 rings (SSSR count). The van der Waals surface area contributed by atoms with Gasteiger partial charge in [-0.3, -0.25) is 0 Å². The van der Waals surface area contributed by atoms with Crippen molar-refractivity contribution in [2.24, 2.45) is 0 Å². The van der Waals surface area contributed by atoms with Gasteiger partial charge in [0.25, 0.3) is 0 Å². The third-order valence-electron chi connectivity index (χ3n) is 6.39. The Labute approximate surface area is 228 Å². The quantitative estimate of drug-likeness (QED) is 0.244. The molecule has 188 valence electrons. The average Bonchev–Trinajstić information content (AvgIpc) is 3.60. The van der Waals surface area contributed by atoms with Gasteiger partial charge in [-0.1, -0.05) is 53.5 Å². The summed E-state index contributed by atoms with van der Waals surface area (Å²) in [4.78, 5) is 0. The molecule has 0 saturated heterocycles. The number of nitrogens with zero attached hydrogens (tertiary/aromatic N) is 4. The number of nitrogens with one attached hydrogen (secondary N) is 1. The number of hydrogen-bond donors (Lipinski definition) is 1. The van der Waals surface area contributed by atoms with Crippen molar-refractivity contribution in [2.75, 3.05) is 0 Å². The molecular weight excluding hydrogens is 521 g/mol. The molecule has 3 aromatic carbocycles. The lowest BCUT2D eigenvalue weighted by molar-refractivity contribution is 0.539. The van der Waals surface area contributed by atoms with Gasteiger partial charge in [-0.15, -0.1) is 20.4 Å². The van der Waals surface area contributed by atoms with Crippen LogP contribution in [-0.2, 0) is 0 Å². The van der Waals surface area contributed by atoms with Crippen molar-refractivity contribution in [3.8, 4) is 22.9 Å². The Hall–Kier alpha value is -4.20. The van der Waals surface area contributed by atoms with Gasteiger partial charge in [0.15, 0.2) is 0 Å². The standard InChI is InChI=1S/C29H21Cl2N5O2/c1-16-23(28-35-33-26(37-28)19-8-12-21(30)13-9-19)25(18-6-4-3-5-7-18)24(17(2)32-16)29-36-34-27(38-29)20-10-14-22(31)15-11-20/h3-15,25,32H,1-2H3. The van der Waals surface area contributed by atoms with Gasteiger partial charge < -0.3 is 14.2 Å². The molecule has 0 radical (unpaired) electrons. The van der Waals surface area contributed by atoms with E-state index in [2.05, 4.69) is 37.8 Å². The van der Waals surface area contributed by atoms with Crippen molar-refractivity contribution < 1.29 is 8.83 Å². The fraction of sp³-hybridized carbons (Fsp3) is 0.103. The maximum absolute atomic E-state index is 6.21. The SMILES string of the molecule is CC1=C(c2nnc(-c3ccc(Cl)cc3)o2)C(c2ccccc2)C(c2nnc(-c3ccc(Cl)cc3)o2)=C(C)N1. The molecule has 0 atom stereocenters. The molecule has 2 aromatic heterocycles. The number of hydrogen-bond acceptors (Lipinski definition) is 7. The van der Waals surface area contributed by atoms with Crippen LogP contribution in [0.3, 0.4) is 0 Å². The second kappa shape index (κ2) is 9.93. The Kier molecular flexibility index (Phi) is 6.31. The molecule has 0 unspecified atom stereocenters. The third kappa shape index (κ3) is 4.51. The lowest BCUT2D eigenvalue weighted by Crippen LogP contribution is -2.23. The third-order valence-corrected chi connectivity index (χ3v) is 6.89. The lowest BCUT2D eigenvalue weighted by atomic mass is 9.80. The van der Waals surface area contributed by atoms with E-state index in [1.165, 1.54) is 0 Å². The zero-order valence-electron chi connectivity index (χ0n) is 20.4. The van der Waals surface area contributed by atoms with E-state index in [-0.39, 0.29) is 5.92 Å².